The molecule has 24 heavy (non-hydrogen) atoms. The zero-order chi connectivity index (χ0) is 17.6. The summed E-state index contributed by atoms with van der Waals surface area (Å²) in [5.41, 5.74) is 0.598. The lowest BCUT2D eigenvalue weighted by Crippen LogP contribution is -2.51. The molecule has 6 atom stereocenters. The minimum atomic E-state index is -4.34. The molecule has 0 aromatic heterocycles. The van der Waals surface area contributed by atoms with Gasteiger partial charge in [0.15, 0.2) is 0 Å². The van der Waals surface area contributed by atoms with Crippen LogP contribution in [-0.2, 0) is 19.3 Å². The third kappa shape index (κ3) is 3.67. The lowest BCUT2D eigenvalue weighted by Gasteiger charge is -2.58. The van der Waals surface area contributed by atoms with Crippen molar-refractivity contribution >= 4 is 10.4 Å². The average Bonchev–Trinajstić information content (AvgIpc) is 2.46. The Kier molecular flexibility index (Phi) is 5.06. The molecule has 3 rings (SSSR count). The Labute approximate surface area is 146 Å². The van der Waals surface area contributed by atoms with Crippen LogP contribution < -0.4 is 0 Å². The van der Waals surface area contributed by atoms with E-state index in [1.165, 1.54) is 25.7 Å². The number of ether oxygens (including phenoxy) is 1. The van der Waals surface area contributed by atoms with Gasteiger partial charge in [-0.25, -0.2) is 4.18 Å². The van der Waals surface area contributed by atoms with Gasteiger partial charge < -0.3 is 4.74 Å². The average molecular weight is 361 g/mol. The molecule has 0 saturated heterocycles. The van der Waals surface area contributed by atoms with Crippen molar-refractivity contribution in [2.45, 2.75) is 71.3 Å². The van der Waals surface area contributed by atoms with Gasteiger partial charge in [0.25, 0.3) is 0 Å². The Morgan fingerprint density at radius 2 is 1.88 bits per heavy atom. The van der Waals surface area contributed by atoms with E-state index in [4.69, 9.17) is 13.5 Å². The van der Waals surface area contributed by atoms with Crippen molar-refractivity contribution in [3.8, 4) is 0 Å². The lowest BCUT2D eigenvalue weighted by atomic mass is 9.47. The van der Waals surface area contributed by atoms with E-state index < -0.39 is 10.4 Å². The quantitative estimate of drug-likeness (QED) is 0.771. The maximum atomic E-state index is 11.0. The van der Waals surface area contributed by atoms with Crippen LogP contribution in [0.15, 0.2) is 0 Å². The molecule has 0 spiro atoms. The van der Waals surface area contributed by atoms with Crippen molar-refractivity contribution in [1.82, 2.24) is 0 Å². The summed E-state index contributed by atoms with van der Waals surface area (Å²) in [5, 5.41) is 0. The van der Waals surface area contributed by atoms with E-state index in [2.05, 4.69) is 13.8 Å². The zero-order valence-electron chi connectivity index (χ0n) is 15.2. The van der Waals surface area contributed by atoms with Crippen molar-refractivity contribution in [3.63, 3.8) is 0 Å². The standard InChI is InChI=1S/C18H32O5S/c1-17(12-22-3)8-7-16-13(11-17)4-5-14-10-15(23-24(19,20)21)6-9-18(14,16)2/h13-16H,4-12H2,1-3H3,(H,19,20,21)/t13-,14+,15+,16-,17-,18-/m0/s1. The Hall–Kier alpha value is -0.170. The SMILES string of the molecule is COC[C@@]1(C)CC[C@H]2[C@@H](CC[C@@H]3C[C@H](OS(=O)(=O)O)CC[C@@]32C)C1. The number of hydrogen-bond acceptors (Lipinski definition) is 4. The summed E-state index contributed by atoms with van der Waals surface area (Å²) in [5.74, 6) is 2.00. The van der Waals surface area contributed by atoms with Crippen molar-refractivity contribution < 1.29 is 21.9 Å². The molecule has 0 aromatic rings. The summed E-state index contributed by atoms with van der Waals surface area (Å²) in [6, 6.07) is 0. The molecule has 0 heterocycles. The molecule has 0 bridgehead atoms. The monoisotopic (exact) mass is 360 g/mol. The molecular weight excluding hydrogens is 328 g/mol. The second-order valence-electron chi connectivity index (χ2n) is 9.05. The van der Waals surface area contributed by atoms with E-state index in [0.717, 1.165) is 44.1 Å². The molecule has 0 aromatic carbocycles. The summed E-state index contributed by atoms with van der Waals surface area (Å²) in [6.07, 6.45) is 8.22. The predicted octanol–water partition coefficient (Wildman–Crippen LogP) is 3.84. The van der Waals surface area contributed by atoms with Gasteiger partial charge in [-0.1, -0.05) is 13.8 Å². The minimum Gasteiger partial charge on any atom is -0.384 e. The normalized spacial score (nSPS) is 46.2. The lowest BCUT2D eigenvalue weighted by molar-refractivity contribution is -0.106. The van der Waals surface area contributed by atoms with Crippen LogP contribution in [0.5, 0.6) is 0 Å². The van der Waals surface area contributed by atoms with Crippen LogP contribution in [0, 0.1) is 28.6 Å². The van der Waals surface area contributed by atoms with E-state index in [0.29, 0.717) is 11.3 Å². The first kappa shape index (κ1) is 18.6. The number of methoxy groups -OCH3 is 1. The van der Waals surface area contributed by atoms with Crippen LogP contribution in [0.2, 0.25) is 0 Å². The summed E-state index contributed by atoms with van der Waals surface area (Å²) in [6.45, 7) is 5.62. The molecule has 0 aliphatic heterocycles. The van der Waals surface area contributed by atoms with Crippen LogP contribution in [0.3, 0.4) is 0 Å². The van der Waals surface area contributed by atoms with Crippen LogP contribution >= 0.6 is 0 Å². The van der Waals surface area contributed by atoms with Crippen LogP contribution in [0.1, 0.15) is 65.2 Å². The number of fused-ring (bicyclic) bond motifs is 3. The third-order valence-corrected chi connectivity index (χ3v) is 7.87. The van der Waals surface area contributed by atoms with Crippen LogP contribution in [0.4, 0.5) is 0 Å². The molecule has 0 amide bonds. The van der Waals surface area contributed by atoms with E-state index in [-0.39, 0.29) is 11.5 Å². The summed E-state index contributed by atoms with van der Waals surface area (Å²) in [7, 11) is -2.54. The Balaban J connectivity index is 1.69. The van der Waals surface area contributed by atoms with Gasteiger partial charge in [0.05, 0.1) is 12.7 Å². The van der Waals surface area contributed by atoms with Gasteiger partial charge in [0.1, 0.15) is 0 Å². The third-order valence-electron chi connectivity index (χ3n) is 7.35. The Bertz CT molecular complexity index is 562. The highest BCUT2D eigenvalue weighted by Crippen LogP contribution is 2.61. The first-order valence-corrected chi connectivity index (χ1v) is 10.7. The van der Waals surface area contributed by atoms with Crippen molar-refractivity contribution in [3.05, 3.63) is 0 Å². The molecule has 0 radical (unpaired) electrons. The van der Waals surface area contributed by atoms with E-state index in [1.54, 1.807) is 7.11 Å². The fraction of sp³-hybridized carbons (Fsp3) is 1.00. The van der Waals surface area contributed by atoms with Gasteiger partial charge in [0, 0.05) is 7.11 Å². The molecule has 3 aliphatic carbocycles. The van der Waals surface area contributed by atoms with Crippen LogP contribution in [0.25, 0.3) is 0 Å². The van der Waals surface area contributed by atoms with Crippen LogP contribution in [-0.4, -0.2) is 32.8 Å². The summed E-state index contributed by atoms with van der Waals surface area (Å²) < 4.78 is 41.4. The van der Waals surface area contributed by atoms with Crippen molar-refractivity contribution in [2.75, 3.05) is 13.7 Å². The topological polar surface area (TPSA) is 72.8 Å². The fourth-order valence-electron chi connectivity index (χ4n) is 6.26. The molecule has 6 heteroatoms. The predicted molar refractivity (Wildman–Crippen MR) is 91.9 cm³/mol. The van der Waals surface area contributed by atoms with Gasteiger partial charge in [-0.3, -0.25) is 4.55 Å². The first-order chi connectivity index (χ1) is 11.2. The Morgan fingerprint density at radius 1 is 1.12 bits per heavy atom. The minimum absolute atomic E-state index is 0.288. The maximum absolute atomic E-state index is 11.0. The van der Waals surface area contributed by atoms with Gasteiger partial charge in [-0.05, 0) is 80.0 Å². The summed E-state index contributed by atoms with van der Waals surface area (Å²) in [4.78, 5) is 0. The molecule has 5 nitrogen and oxygen atoms in total. The molecule has 3 aliphatic rings. The van der Waals surface area contributed by atoms with Gasteiger partial charge >= 0.3 is 10.4 Å². The number of rotatable bonds is 4. The highest BCUT2D eigenvalue weighted by molar-refractivity contribution is 7.80. The van der Waals surface area contributed by atoms with Gasteiger partial charge in [-0.15, -0.1) is 0 Å². The number of hydrogen-bond donors (Lipinski definition) is 1. The molecule has 140 valence electrons. The highest BCUT2D eigenvalue weighted by atomic mass is 32.3. The molecule has 0 unspecified atom stereocenters. The van der Waals surface area contributed by atoms with Gasteiger partial charge in [-0.2, -0.15) is 8.42 Å². The second-order valence-corrected chi connectivity index (χ2v) is 10.1. The molecule has 1 N–H and O–H groups in total. The molecule has 3 saturated carbocycles. The van der Waals surface area contributed by atoms with E-state index >= 15 is 0 Å². The second kappa shape index (κ2) is 6.53. The fourth-order valence-corrected chi connectivity index (χ4v) is 6.78. The van der Waals surface area contributed by atoms with Crippen molar-refractivity contribution in [1.29, 1.82) is 0 Å². The maximum Gasteiger partial charge on any atom is 0.397 e. The van der Waals surface area contributed by atoms with Crippen molar-refractivity contribution in [2.24, 2.45) is 28.6 Å². The van der Waals surface area contributed by atoms with E-state index in [1.807, 2.05) is 0 Å². The van der Waals surface area contributed by atoms with Gasteiger partial charge in [0.2, 0.25) is 0 Å². The summed E-state index contributed by atoms with van der Waals surface area (Å²) >= 11 is 0. The Morgan fingerprint density at radius 3 is 2.54 bits per heavy atom. The zero-order valence-corrected chi connectivity index (χ0v) is 16.0. The van der Waals surface area contributed by atoms with E-state index in [9.17, 15) is 8.42 Å². The molecule has 3 fully saturated rings. The highest BCUT2D eigenvalue weighted by Gasteiger charge is 2.53. The smallest absolute Gasteiger partial charge is 0.384 e. The molecular formula is C18H32O5S. The first-order valence-electron chi connectivity index (χ1n) is 9.30. The largest absolute Gasteiger partial charge is 0.397 e.